The van der Waals surface area contributed by atoms with Gasteiger partial charge in [-0.25, -0.2) is 4.79 Å². The zero-order chi connectivity index (χ0) is 54.6. The maximum absolute atomic E-state index is 14.1. The lowest BCUT2D eigenvalue weighted by Gasteiger charge is -2.19. The lowest BCUT2D eigenvalue weighted by Crippen LogP contribution is -2.13. The molecule has 0 fully saturated rings. The maximum atomic E-state index is 14.1. The summed E-state index contributed by atoms with van der Waals surface area (Å²) in [5, 5.41) is 3.04. The monoisotopic (exact) mass is 1050 g/mol. The Morgan fingerprint density at radius 1 is 0.390 bits per heavy atom. The van der Waals surface area contributed by atoms with Crippen molar-refractivity contribution in [3.05, 3.63) is 114 Å². The summed E-state index contributed by atoms with van der Waals surface area (Å²) >= 11 is 0. The fourth-order valence-corrected chi connectivity index (χ4v) is 9.82. The average molecular weight is 1050 g/mol. The first-order valence-electron chi connectivity index (χ1n) is 30.3. The van der Waals surface area contributed by atoms with E-state index in [2.05, 4.69) is 26.1 Å². The molecule has 420 valence electrons. The van der Waals surface area contributed by atoms with Gasteiger partial charge >= 0.3 is 5.97 Å². The van der Waals surface area contributed by atoms with E-state index in [4.69, 9.17) is 30.4 Å². The summed E-state index contributed by atoms with van der Waals surface area (Å²) in [5.74, 6) is 1.10. The van der Waals surface area contributed by atoms with Gasteiger partial charge < -0.3 is 35.7 Å². The van der Waals surface area contributed by atoms with Crippen LogP contribution in [0.15, 0.2) is 103 Å². The Morgan fingerprint density at radius 2 is 0.818 bits per heavy atom. The van der Waals surface area contributed by atoms with Crippen LogP contribution in [0.1, 0.15) is 234 Å². The van der Waals surface area contributed by atoms with Gasteiger partial charge in [0.25, 0.3) is 5.91 Å². The molecule has 0 heterocycles. The Bertz CT molecular complexity index is 2350. The number of carbonyl (C=O) groups excluding carboxylic acids is 2. The third kappa shape index (κ3) is 24.5. The first-order valence-corrected chi connectivity index (χ1v) is 30.3. The van der Waals surface area contributed by atoms with Crippen LogP contribution in [0, 0.1) is 0 Å². The highest BCUT2D eigenvalue weighted by Gasteiger charge is 2.21. The quantitative estimate of drug-likeness (QED) is 0.0152. The number of carbonyl (C=O) groups is 2. The first kappa shape index (κ1) is 61.9. The largest absolute Gasteiger partial charge is 0.490 e. The molecule has 9 heteroatoms. The summed E-state index contributed by atoms with van der Waals surface area (Å²) in [6, 6.07) is 31.3. The number of nitrogens with two attached hydrogens (primary N) is 2. The fourth-order valence-electron chi connectivity index (χ4n) is 9.82. The van der Waals surface area contributed by atoms with Crippen molar-refractivity contribution in [3.63, 3.8) is 0 Å². The van der Waals surface area contributed by atoms with Gasteiger partial charge in [-0.3, -0.25) is 4.79 Å². The van der Waals surface area contributed by atoms with Gasteiger partial charge in [0, 0.05) is 22.6 Å². The number of amides is 1. The number of ether oxygens (including phenoxy) is 4. The Morgan fingerprint density at radius 3 is 1.27 bits per heavy atom. The number of rotatable bonds is 42. The van der Waals surface area contributed by atoms with E-state index in [1.54, 1.807) is 36.4 Å². The maximum Gasteiger partial charge on any atom is 0.343 e. The summed E-state index contributed by atoms with van der Waals surface area (Å²) < 4.78 is 25.7. The summed E-state index contributed by atoms with van der Waals surface area (Å²) in [7, 11) is 0. The van der Waals surface area contributed by atoms with Gasteiger partial charge in [0.2, 0.25) is 5.75 Å². The van der Waals surface area contributed by atoms with E-state index < -0.39 is 5.97 Å². The first-order chi connectivity index (χ1) is 37.8. The highest BCUT2D eigenvalue weighted by atomic mass is 16.5. The SMILES string of the molecule is CCCCCCCCCCCCOc1cc(C(=O)Oc2ccc(NC(=O)c3cc(-c4ccc(N)cc4)cc(-c4cccc(N)c4)c3)cc2)cc(OCCCCCCCCCCCC)c1OCCCCCCCCCCCC. The molecular weight excluding hydrogens is 955 g/mol. The Labute approximate surface area is 465 Å². The van der Waals surface area contributed by atoms with E-state index in [1.165, 1.54) is 154 Å². The number of anilines is 3. The van der Waals surface area contributed by atoms with Crippen molar-refractivity contribution >= 4 is 28.9 Å². The van der Waals surface area contributed by atoms with Crippen LogP contribution in [0.25, 0.3) is 22.3 Å². The summed E-state index contributed by atoms with van der Waals surface area (Å²) in [6.45, 7) is 8.38. The van der Waals surface area contributed by atoms with Gasteiger partial charge in [0.05, 0.1) is 25.4 Å². The molecule has 5 N–H and O–H groups in total. The second-order valence-corrected chi connectivity index (χ2v) is 21.3. The van der Waals surface area contributed by atoms with E-state index in [0.29, 0.717) is 71.0 Å². The van der Waals surface area contributed by atoms with Gasteiger partial charge in [0.1, 0.15) is 5.75 Å². The summed E-state index contributed by atoms with van der Waals surface area (Å²) in [4.78, 5) is 28.1. The number of hydrogen-bond acceptors (Lipinski definition) is 8. The van der Waals surface area contributed by atoms with E-state index >= 15 is 0 Å². The van der Waals surface area contributed by atoms with E-state index in [-0.39, 0.29) is 5.91 Å². The van der Waals surface area contributed by atoms with Crippen LogP contribution >= 0.6 is 0 Å². The second-order valence-electron chi connectivity index (χ2n) is 21.3. The van der Waals surface area contributed by atoms with E-state index in [1.807, 2.05) is 66.7 Å². The molecule has 0 saturated carbocycles. The molecule has 0 aliphatic rings. The molecule has 5 aromatic carbocycles. The molecule has 1 amide bonds. The molecule has 0 aliphatic heterocycles. The standard InChI is InChI=1S/C68H97N3O6/c1-4-7-10-13-16-19-22-25-28-31-45-74-64-52-59(53-65(75-46-32-29-26-23-20-17-14-11-8-5-2)66(64)76-47-33-30-27-24-21-18-15-12-9-6-3)68(73)77-63-43-41-62(42-44-63)71-67(72)58-49-56(54-37-39-60(69)40-38-54)48-57(50-58)55-35-34-36-61(70)51-55/h34-44,48-53H,4-33,45-47,69-70H2,1-3H3,(H,71,72). The lowest BCUT2D eigenvalue weighted by atomic mass is 9.95. The smallest absolute Gasteiger partial charge is 0.343 e. The van der Waals surface area contributed by atoms with Gasteiger partial charge in [-0.05, 0) is 120 Å². The highest BCUT2D eigenvalue weighted by Crippen LogP contribution is 2.40. The minimum atomic E-state index is -0.538. The second kappa shape index (κ2) is 37.8. The predicted octanol–water partition coefficient (Wildman–Crippen LogP) is 19.6. The van der Waals surface area contributed by atoms with Crippen LogP contribution in [-0.2, 0) is 0 Å². The molecule has 5 aromatic rings. The van der Waals surface area contributed by atoms with Gasteiger partial charge in [-0.15, -0.1) is 0 Å². The molecule has 0 atom stereocenters. The molecule has 0 saturated heterocycles. The van der Waals surface area contributed by atoms with Gasteiger partial charge in [-0.2, -0.15) is 0 Å². The predicted molar refractivity (Wildman–Crippen MR) is 324 cm³/mol. The number of nitrogens with one attached hydrogen (secondary N) is 1. The van der Waals surface area contributed by atoms with Crippen molar-refractivity contribution in [1.82, 2.24) is 0 Å². The molecule has 0 aromatic heterocycles. The topological polar surface area (TPSA) is 135 Å². The average Bonchev–Trinajstić information content (AvgIpc) is 3.45. The summed E-state index contributed by atoms with van der Waals surface area (Å²) in [5.41, 5.74) is 18.3. The molecule has 0 aliphatic carbocycles. The van der Waals surface area contributed by atoms with E-state index in [9.17, 15) is 9.59 Å². The zero-order valence-corrected chi connectivity index (χ0v) is 47.8. The lowest BCUT2D eigenvalue weighted by molar-refractivity contribution is 0.0733. The van der Waals surface area contributed by atoms with Crippen LogP contribution in [0.3, 0.4) is 0 Å². The summed E-state index contributed by atoms with van der Waals surface area (Å²) in [6.07, 6.45) is 37.1. The number of nitrogen functional groups attached to an aromatic ring is 2. The van der Waals surface area contributed by atoms with Crippen LogP contribution in [0.2, 0.25) is 0 Å². The Hall–Kier alpha value is -5.96. The van der Waals surface area contributed by atoms with Crippen LogP contribution in [0.5, 0.6) is 23.0 Å². The number of hydrogen-bond donors (Lipinski definition) is 3. The molecule has 77 heavy (non-hydrogen) atoms. The van der Waals surface area contributed by atoms with Crippen molar-refractivity contribution in [1.29, 1.82) is 0 Å². The minimum Gasteiger partial charge on any atom is -0.490 e. The molecule has 0 spiro atoms. The minimum absolute atomic E-state index is 0.289. The molecule has 9 nitrogen and oxygen atoms in total. The van der Waals surface area contributed by atoms with E-state index in [0.717, 1.165) is 60.8 Å². The number of benzene rings is 5. The van der Waals surface area contributed by atoms with Gasteiger partial charge in [0.15, 0.2) is 11.5 Å². The van der Waals surface area contributed by atoms with Crippen molar-refractivity contribution < 1.29 is 28.5 Å². The van der Waals surface area contributed by atoms with Crippen molar-refractivity contribution in [2.75, 3.05) is 36.6 Å². The highest BCUT2D eigenvalue weighted by molar-refractivity contribution is 6.06. The van der Waals surface area contributed by atoms with Crippen molar-refractivity contribution in [3.8, 4) is 45.3 Å². The normalized spacial score (nSPS) is 11.2. The van der Waals surface area contributed by atoms with Crippen molar-refractivity contribution in [2.45, 2.75) is 213 Å². The van der Waals surface area contributed by atoms with Crippen LogP contribution in [-0.4, -0.2) is 31.7 Å². The Balaban J connectivity index is 1.28. The molecule has 0 bridgehead atoms. The number of unbranched alkanes of at least 4 members (excludes halogenated alkanes) is 27. The third-order valence-corrected chi connectivity index (χ3v) is 14.5. The van der Waals surface area contributed by atoms with Crippen LogP contribution < -0.4 is 35.7 Å². The Kier molecular flexibility index (Phi) is 30.3. The molecular formula is C68H97N3O6. The third-order valence-electron chi connectivity index (χ3n) is 14.5. The molecule has 0 unspecified atom stereocenters. The van der Waals surface area contributed by atoms with Crippen LogP contribution in [0.4, 0.5) is 17.1 Å². The fraction of sp³-hybridized carbons (Fsp3) is 0.529. The number of esters is 1. The molecule has 5 rings (SSSR count). The zero-order valence-electron chi connectivity index (χ0n) is 47.8. The van der Waals surface area contributed by atoms with Crippen molar-refractivity contribution in [2.24, 2.45) is 0 Å². The molecule has 0 radical (unpaired) electrons. The van der Waals surface area contributed by atoms with Gasteiger partial charge in [-0.1, -0.05) is 218 Å².